The summed E-state index contributed by atoms with van der Waals surface area (Å²) in [5, 5.41) is 7.88. The van der Waals surface area contributed by atoms with Crippen molar-refractivity contribution in [2.45, 2.75) is 45.6 Å². The van der Waals surface area contributed by atoms with Crippen LogP contribution >= 0.6 is 0 Å². The molecule has 0 aliphatic carbocycles. The van der Waals surface area contributed by atoms with Crippen molar-refractivity contribution in [3.63, 3.8) is 0 Å². The number of rotatable bonds is 6. The van der Waals surface area contributed by atoms with Crippen LogP contribution in [0, 0.1) is 5.41 Å². The molecule has 4 heteroatoms. The highest BCUT2D eigenvalue weighted by Gasteiger charge is 2.32. The van der Waals surface area contributed by atoms with E-state index in [0.29, 0.717) is 11.5 Å². The van der Waals surface area contributed by atoms with Crippen LogP contribution < -0.4 is 5.32 Å². The van der Waals surface area contributed by atoms with Crippen molar-refractivity contribution in [1.82, 2.24) is 15.1 Å². The minimum absolute atomic E-state index is 0.396. The van der Waals surface area contributed by atoms with E-state index in [0.717, 1.165) is 26.2 Å². The molecule has 0 saturated carbocycles. The molecule has 0 atom stereocenters. The lowest BCUT2D eigenvalue weighted by molar-refractivity contribution is 0.00949. The third kappa shape index (κ3) is 4.05. The normalized spacial score (nSPS) is 18.9. The smallest absolute Gasteiger partial charge is 0.0492 e. The Hall–Kier alpha value is -0.870. The van der Waals surface area contributed by atoms with Crippen molar-refractivity contribution in [2.75, 3.05) is 19.8 Å². The van der Waals surface area contributed by atoms with E-state index in [1.807, 2.05) is 17.9 Å². The molecule has 0 amide bonds. The molecule has 1 N–H and O–H groups in total. The molecule has 0 radical (unpaired) electrons. The predicted molar refractivity (Wildman–Crippen MR) is 77.2 cm³/mol. The number of aromatic nitrogens is 2. The lowest BCUT2D eigenvalue weighted by atomic mass is 9.76. The average molecular weight is 265 g/mol. The molecule has 2 heterocycles. The summed E-state index contributed by atoms with van der Waals surface area (Å²) < 4.78 is 7.54. The van der Waals surface area contributed by atoms with Gasteiger partial charge in [0.25, 0.3) is 0 Å². The maximum Gasteiger partial charge on any atom is 0.0492 e. The summed E-state index contributed by atoms with van der Waals surface area (Å²) in [6.45, 7) is 7.35. The zero-order chi connectivity index (χ0) is 13.7. The number of hydrogen-bond donors (Lipinski definition) is 1. The Kier molecular flexibility index (Phi) is 4.99. The first-order valence-electron chi connectivity index (χ1n) is 7.39. The number of aryl methyl sites for hydroxylation is 2. The van der Waals surface area contributed by atoms with E-state index >= 15 is 0 Å². The first-order valence-corrected chi connectivity index (χ1v) is 7.39. The van der Waals surface area contributed by atoms with Crippen molar-refractivity contribution in [1.29, 1.82) is 0 Å². The van der Waals surface area contributed by atoms with Gasteiger partial charge in [-0.25, -0.2) is 0 Å². The van der Waals surface area contributed by atoms with Gasteiger partial charge >= 0.3 is 0 Å². The SMILES string of the molecule is CC(C)NCC1(CCc2ccnn2C)CCOCC1. The second-order valence-corrected chi connectivity index (χ2v) is 6.09. The summed E-state index contributed by atoms with van der Waals surface area (Å²) >= 11 is 0. The van der Waals surface area contributed by atoms with Gasteiger partial charge in [-0.15, -0.1) is 0 Å². The van der Waals surface area contributed by atoms with Crippen LogP contribution in [0.2, 0.25) is 0 Å². The van der Waals surface area contributed by atoms with Crippen molar-refractivity contribution in [2.24, 2.45) is 12.5 Å². The molecule has 0 aromatic carbocycles. The topological polar surface area (TPSA) is 39.1 Å². The monoisotopic (exact) mass is 265 g/mol. The Morgan fingerprint density at radius 1 is 1.42 bits per heavy atom. The van der Waals surface area contributed by atoms with Crippen molar-refractivity contribution < 1.29 is 4.74 Å². The minimum Gasteiger partial charge on any atom is -0.381 e. The molecule has 0 unspecified atom stereocenters. The van der Waals surface area contributed by atoms with Crippen LogP contribution in [-0.4, -0.2) is 35.6 Å². The third-order valence-electron chi connectivity index (χ3n) is 4.27. The van der Waals surface area contributed by atoms with Crippen LogP contribution in [0.3, 0.4) is 0 Å². The summed E-state index contributed by atoms with van der Waals surface area (Å²) in [6.07, 6.45) is 6.55. The maximum absolute atomic E-state index is 5.55. The molecule has 1 saturated heterocycles. The van der Waals surface area contributed by atoms with Gasteiger partial charge in [-0.3, -0.25) is 4.68 Å². The number of nitrogens with zero attached hydrogens (tertiary/aromatic N) is 2. The Morgan fingerprint density at radius 2 is 2.16 bits per heavy atom. The zero-order valence-corrected chi connectivity index (χ0v) is 12.5. The Morgan fingerprint density at radius 3 is 2.74 bits per heavy atom. The van der Waals surface area contributed by atoms with Gasteiger partial charge < -0.3 is 10.1 Å². The van der Waals surface area contributed by atoms with Crippen LogP contribution in [0.5, 0.6) is 0 Å². The van der Waals surface area contributed by atoms with Gasteiger partial charge in [0.15, 0.2) is 0 Å². The Labute approximate surface area is 116 Å². The standard InChI is InChI=1S/C15H27N3O/c1-13(2)16-12-15(7-10-19-11-8-15)6-4-14-5-9-17-18(14)3/h5,9,13,16H,4,6-8,10-12H2,1-3H3. The van der Waals surface area contributed by atoms with Gasteiger partial charge in [0, 0.05) is 44.7 Å². The van der Waals surface area contributed by atoms with Crippen LogP contribution in [0.1, 0.15) is 38.8 Å². The maximum atomic E-state index is 5.55. The van der Waals surface area contributed by atoms with E-state index in [-0.39, 0.29) is 0 Å². The summed E-state index contributed by atoms with van der Waals surface area (Å²) in [5.41, 5.74) is 1.72. The summed E-state index contributed by atoms with van der Waals surface area (Å²) in [5.74, 6) is 0. The molecule has 19 heavy (non-hydrogen) atoms. The van der Waals surface area contributed by atoms with E-state index in [2.05, 4.69) is 30.3 Å². The van der Waals surface area contributed by atoms with Gasteiger partial charge in [-0.05, 0) is 37.2 Å². The summed E-state index contributed by atoms with van der Waals surface area (Å²) in [7, 11) is 2.03. The van der Waals surface area contributed by atoms with Gasteiger partial charge in [-0.1, -0.05) is 13.8 Å². The van der Waals surface area contributed by atoms with Crippen LogP contribution in [0.15, 0.2) is 12.3 Å². The van der Waals surface area contributed by atoms with Gasteiger partial charge in [0.2, 0.25) is 0 Å². The molecule has 1 aromatic heterocycles. The Balaban J connectivity index is 1.95. The average Bonchev–Trinajstić information content (AvgIpc) is 2.81. The quantitative estimate of drug-likeness (QED) is 0.856. The molecular formula is C15H27N3O. The van der Waals surface area contributed by atoms with Crippen molar-refractivity contribution in [3.8, 4) is 0 Å². The predicted octanol–water partition coefficient (Wildman–Crippen LogP) is 2.15. The van der Waals surface area contributed by atoms with Gasteiger partial charge in [0.1, 0.15) is 0 Å². The molecule has 0 spiro atoms. The summed E-state index contributed by atoms with van der Waals surface area (Å²) in [4.78, 5) is 0. The van der Waals surface area contributed by atoms with Gasteiger partial charge in [0.05, 0.1) is 0 Å². The first kappa shape index (κ1) is 14.5. The fourth-order valence-electron chi connectivity index (χ4n) is 2.78. The molecule has 1 aliphatic rings. The van der Waals surface area contributed by atoms with Gasteiger partial charge in [-0.2, -0.15) is 5.10 Å². The molecule has 1 aromatic rings. The second-order valence-electron chi connectivity index (χ2n) is 6.09. The highest BCUT2D eigenvalue weighted by Crippen LogP contribution is 2.34. The van der Waals surface area contributed by atoms with Crippen molar-refractivity contribution >= 4 is 0 Å². The number of nitrogens with one attached hydrogen (secondary N) is 1. The third-order valence-corrected chi connectivity index (χ3v) is 4.27. The molecule has 0 bridgehead atoms. The minimum atomic E-state index is 0.396. The van der Waals surface area contributed by atoms with E-state index < -0.39 is 0 Å². The highest BCUT2D eigenvalue weighted by atomic mass is 16.5. The lowest BCUT2D eigenvalue weighted by Gasteiger charge is -2.38. The number of hydrogen-bond acceptors (Lipinski definition) is 3. The molecule has 2 rings (SSSR count). The zero-order valence-electron chi connectivity index (χ0n) is 12.5. The van der Waals surface area contributed by atoms with E-state index in [1.54, 1.807) is 0 Å². The molecular weight excluding hydrogens is 238 g/mol. The largest absolute Gasteiger partial charge is 0.381 e. The van der Waals surface area contributed by atoms with Crippen molar-refractivity contribution in [3.05, 3.63) is 18.0 Å². The van der Waals surface area contributed by atoms with E-state index in [1.165, 1.54) is 25.0 Å². The highest BCUT2D eigenvalue weighted by molar-refractivity contribution is 5.01. The van der Waals surface area contributed by atoms with Crippen LogP contribution in [-0.2, 0) is 18.2 Å². The Bertz CT molecular complexity index is 380. The van der Waals surface area contributed by atoms with Crippen LogP contribution in [0.4, 0.5) is 0 Å². The molecule has 1 aliphatic heterocycles. The van der Waals surface area contributed by atoms with Crippen LogP contribution in [0.25, 0.3) is 0 Å². The fraction of sp³-hybridized carbons (Fsp3) is 0.800. The molecule has 108 valence electrons. The van der Waals surface area contributed by atoms with E-state index in [4.69, 9.17) is 4.74 Å². The first-order chi connectivity index (χ1) is 9.11. The number of ether oxygens (including phenoxy) is 1. The lowest BCUT2D eigenvalue weighted by Crippen LogP contribution is -2.41. The fourth-order valence-corrected chi connectivity index (χ4v) is 2.78. The second kappa shape index (κ2) is 6.53. The van der Waals surface area contributed by atoms with E-state index in [9.17, 15) is 0 Å². The molecule has 4 nitrogen and oxygen atoms in total. The summed E-state index contributed by atoms with van der Waals surface area (Å²) in [6, 6.07) is 2.68. The molecule has 1 fully saturated rings.